The van der Waals surface area contributed by atoms with Gasteiger partial charge in [-0.05, 0) is 32.1 Å². The SMILES string of the molecule is CCNC1(C(=O)OCC)CCCSC1. The number of hydrogen-bond acceptors (Lipinski definition) is 4. The van der Waals surface area contributed by atoms with Gasteiger partial charge in [-0.2, -0.15) is 11.8 Å². The molecule has 3 nitrogen and oxygen atoms in total. The lowest BCUT2D eigenvalue weighted by atomic mass is 9.95. The van der Waals surface area contributed by atoms with E-state index in [9.17, 15) is 4.79 Å². The first-order chi connectivity index (χ1) is 6.75. The van der Waals surface area contributed by atoms with Crippen LogP contribution in [0.15, 0.2) is 0 Å². The van der Waals surface area contributed by atoms with Crippen LogP contribution in [0.1, 0.15) is 26.7 Å². The molecule has 0 aromatic carbocycles. The van der Waals surface area contributed by atoms with Gasteiger partial charge in [0.25, 0.3) is 0 Å². The van der Waals surface area contributed by atoms with E-state index >= 15 is 0 Å². The van der Waals surface area contributed by atoms with Gasteiger partial charge in [0.15, 0.2) is 0 Å². The van der Waals surface area contributed by atoms with Crippen LogP contribution in [-0.4, -0.2) is 36.2 Å². The van der Waals surface area contributed by atoms with Crippen molar-refractivity contribution in [3.63, 3.8) is 0 Å². The summed E-state index contributed by atoms with van der Waals surface area (Å²) in [6.45, 7) is 5.17. The van der Waals surface area contributed by atoms with Gasteiger partial charge in [0.2, 0.25) is 0 Å². The Morgan fingerprint density at radius 1 is 1.57 bits per heavy atom. The van der Waals surface area contributed by atoms with Crippen molar-refractivity contribution in [2.24, 2.45) is 0 Å². The fraction of sp³-hybridized carbons (Fsp3) is 0.900. The largest absolute Gasteiger partial charge is 0.465 e. The maximum atomic E-state index is 11.8. The third-order valence-corrected chi connectivity index (χ3v) is 3.70. The van der Waals surface area contributed by atoms with Crippen molar-refractivity contribution in [3.8, 4) is 0 Å². The minimum atomic E-state index is -0.409. The number of nitrogens with one attached hydrogen (secondary N) is 1. The van der Waals surface area contributed by atoms with E-state index in [-0.39, 0.29) is 5.97 Å². The van der Waals surface area contributed by atoms with Crippen molar-refractivity contribution in [2.75, 3.05) is 24.7 Å². The van der Waals surface area contributed by atoms with Crippen LogP contribution >= 0.6 is 11.8 Å². The molecule has 0 saturated carbocycles. The number of thioether (sulfide) groups is 1. The molecule has 14 heavy (non-hydrogen) atoms. The molecule has 1 heterocycles. The van der Waals surface area contributed by atoms with E-state index in [0.717, 1.165) is 30.9 Å². The number of carbonyl (C=O) groups is 1. The zero-order valence-corrected chi connectivity index (χ0v) is 9.78. The fourth-order valence-electron chi connectivity index (χ4n) is 1.77. The summed E-state index contributed by atoms with van der Waals surface area (Å²) in [5.41, 5.74) is -0.409. The minimum Gasteiger partial charge on any atom is -0.465 e. The second kappa shape index (κ2) is 5.61. The van der Waals surface area contributed by atoms with E-state index in [0.29, 0.717) is 6.61 Å². The molecular weight excluding hydrogens is 198 g/mol. The second-order valence-corrected chi connectivity index (χ2v) is 4.59. The summed E-state index contributed by atoms with van der Waals surface area (Å²) in [5, 5.41) is 3.29. The van der Waals surface area contributed by atoms with Crippen LogP contribution in [0.3, 0.4) is 0 Å². The minimum absolute atomic E-state index is 0.0750. The van der Waals surface area contributed by atoms with Gasteiger partial charge in [0.1, 0.15) is 5.54 Å². The molecule has 0 radical (unpaired) electrons. The fourth-order valence-corrected chi connectivity index (χ4v) is 2.98. The molecule has 0 spiro atoms. The molecule has 4 heteroatoms. The smallest absolute Gasteiger partial charge is 0.327 e. The van der Waals surface area contributed by atoms with E-state index in [2.05, 4.69) is 5.32 Å². The van der Waals surface area contributed by atoms with E-state index in [1.165, 1.54) is 0 Å². The van der Waals surface area contributed by atoms with Crippen LogP contribution < -0.4 is 5.32 Å². The quantitative estimate of drug-likeness (QED) is 0.723. The molecule has 82 valence electrons. The maximum absolute atomic E-state index is 11.8. The third kappa shape index (κ3) is 2.64. The molecule has 0 bridgehead atoms. The van der Waals surface area contributed by atoms with E-state index in [1.54, 1.807) is 0 Å². The molecule has 1 saturated heterocycles. The molecule has 1 atom stereocenters. The Morgan fingerprint density at radius 2 is 2.36 bits per heavy atom. The summed E-state index contributed by atoms with van der Waals surface area (Å²) >= 11 is 1.83. The van der Waals surface area contributed by atoms with Crippen LogP contribution in [0.2, 0.25) is 0 Å². The molecule has 1 aliphatic heterocycles. The first-order valence-electron chi connectivity index (χ1n) is 5.25. The van der Waals surface area contributed by atoms with Gasteiger partial charge in [-0.1, -0.05) is 6.92 Å². The lowest BCUT2D eigenvalue weighted by Gasteiger charge is -2.34. The first kappa shape index (κ1) is 11.9. The monoisotopic (exact) mass is 217 g/mol. The average molecular weight is 217 g/mol. The summed E-state index contributed by atoms with van der Waals surface area (Å²) in [6.07, 6.45) is 2.00. The van der Waals surface area contributed by atoms with Gasteiger partial charge in [0, 0.05) is 5.75 Å². The lowest BCUT2D eigenvalue weighted by Crippen LogP contribution is -2.56. The van der Waals surface area contributed by atoms with Gasteiger partial charge >= 0.3 is 5.97 Å². The highest BCUT2D eigenvalue weighted by molar-refractivity contribution is 7.99. The zero-order valence-electron chi connectivity index (χ0n) is 8.97. The van der Waals surface area contributed by atoms with Crippen LogP contribution in [0.25, 0.3) is 0 Å². The molecule has 0 aromatic heterocycles. The summed E-state index contributed by atoms with van der Waals surface area (Å²) in [6, 6.07) is 0. The Morgan fingerprint density at radius 3 is 2.86 bits per heavy atom. The molecule has 0 aliphatic carbocycles. The standard InChI is InChI=1S/C10H19NO2S/c1-3-11-10(9(12)13-4-2)6-5-7-14-8-10/h11H,3-8H2,1-2H3. The molecule has 1 fully saturated rings. The van der Waals surface area contributed by atoms with Gasteiger partial charge < -0.3 is 10.1 Å². The Labute approximate surface area is 90.0 Å². The highest BCUT2D eigenvalue weighted by Gasteiger charge is 2.40. The summed E-state index contributed by atoms with van der Waals surface area (Å²) in [5.74, 6) is 1.93. The molecule has 0 amide bonds. The summed E-state index contributed by atoms with van der Waals surface area (Å²) < 4.78 is 5.12. The highest BCUT2D eigenvalue weighted by Crippen LogP contribution is 2.27. The van der Waals surface area contributed by atoms with Crippen molar-refractivity contribution >= 4 is 17.7 Å². The maximum Gasteiger partial charge on any atom is 0.327 e. The Hall–Kier alpha value is -0.220. The third-order valence-electron chi connectivity index (χ3n) is 2.42. The number of likely N-dealkylation sites (N-methyl/N-ethyl adjacent to an activating group) is 1. The Kier molecular flexibility index (Phi) is 4.75. The van der Waals surface area contributed by atoms with Gasteiger partial charge in [0.05, 0.1) is 6.61 Å². The van der Waals surface area contributed by atoms with Crippen LogP contribution in [0.4, 0.5) is 0 Å². The molecule has 1 N–H and O–H groups in total. The first-order valence-corrected chi connectivity index (χ1v) is 6.40. The topological polar surface area (TPSA) is 38.3 Å². The van der Waals surface area contributed by atoms with E-state index < -0.39 is 5.54 Å². The lowest BCUT2D eigenvalue weighted by molar-refractivity contribution is -0.150. The molecule has 1 rings (SSSR count). The van der Waals surface area contributed by atoms with Crippen molar-refractivity contribution in [2.45, 2.75) is 32.2 Å². The van der Waals surface area contributed by atoms with Crippen molar-refractivity contribution in [3.05, 3.63) is 0 Å². The predicted octanol–water partition coefficient (Wildman–Crippen LogP) is 1.42. The van der Waals surface area contributed by atoms with Gasteiger partial charge in [-0.3, -0.25) is 4.79 Å². The van der Waals surface area contributed by atoms with Crippen LogP contribution in [0, 0.1) is 0 Å². The highest BCUT2D eigenvalue weighted by atomic mass is 32.2. The summed E-state index contributed by atoms with van der Waals surface area (Å²) in [7, 11) is 0. The second-order valence-electron chi connectivity index (χ2n) is 3.49. The van der Waals surface area contributed by atoms with E-state index in [1.807, 2.05) is 25.6 Å². The van der Waals surface area contributed by atoms with Gasteiger partial charge in [-0.15, -0.1) is 0 Å². The van der Waals surface area contributed by atoms with Crippen LogP contribution in [-0.2, 0) is 9.53 Å². The summed E-state index contributed by atoms with van der Waals surface area (Å²) in [4.78, 5) is 11.8. The average Bonchev–Trinajstić information content (AvgIpc) is 2.20. The number of carbonyl (C=O) groups excluding carboxylic acids is 1. The Balaban J connectivity index is 2.63. The molecular formula is C10H19NO2S. The van der Waals surface area contributed by atoms with Crippen molar-refractivity contribution < 1.29 is 9.53 Å². The number of ether oxygens (including phenoxy) is 1. The number of hydrogen-bond donors (Lipinski definition) is 1. The molecule has 1 unspecified atom stereocenters. The number of rotatable bonds is 4. The van der Waals surface area contributed by atoms with Gasteiger partial charge in [-0.25, -0.2) is 0 Å². The molecule has 0 aromatic rings. The van der Waals surface area contributed by atoms with Crippen molar-refractivity contribution in [1.82, 2.24) is 5.32 Å². The van der Waals surface area contributed by atoms with E-state index in [4.69, 9.17) is 4.74 Å². The zero-order chi connectivity index (χ0) is 10.4. The molecule has 1 aliphatic rings. The Bertz CT molecular complexity index is 185. The number of esters is 1. The van der Waals surface area contributed by atoms with Crippen molar-refractivity contribution in [1.29, 1.82) is 0 Å². The predicted molar refractivity (Wildman–Crippen MR) is 59.6 cm³/mol. The normalized spacial score (nSPS) is 27.3. The van der Waals surface area contributed by atoms with Crippen LogP contribution in [0.5, 0.6) is 0 Å².